The first-order valence-corrected chi connectivity index (χ1v) is 8.88. The van der Waals surface area contributed by atoms with Crippen LogP contribution in [0, 0.1) is 13.8 Å². The fraction of sp³-hybridized carbons (Fsp3) is 0.571. The first-order chi connectivity index (χ1) is 9.70. The highest BCUT2D eigenvalue weighted by atomic mass is 32.2. The van der Waals surface area contributed by atoms with Crippen LogP contribution < -0.4 is 5.32 Å². The summed E-state index contributed by atoms with van der Waals surface area (Å²) < 4.78 is 5.81. The fourth-order valence-corrected chi connectivity index (χ4v) is 4.22. The van der Waals surface area contributed by atoms with Gasteiger partial charge in [-0.2, -0.15) is 11.8 Å². The van der Waals surface area contributed by atoms with E-state index in [9.17, 15) is 0 Å². The summed E-state index contributed by atoms with van der Waals surface area (Å²) in [5.41, 5.74) is 1.28. The number of nitrogens with zero attached hydrogens (tertiary/aromatic N) is 2. The van der Waals surface area contributed by atoms with Gasteiger partial charge in [-0.25, -0.2) is 9.97 Å². The Kier molecular flexibility index (Phi) is 4.14. The van der Waals surface area contributed by atoms with Crippen LogP contribution in [0.5, 0.6) is 0 Å². The summed E-state index contributed by atoms with van der Waals surface area (Å²) in [7, 11) is 0. The van der Waals surface area contributed by atoms with Gasteiger partial charge >= 0.3 is 0 Å². The number of hydrogen-bond acceptors (Lipinski definition) is 6. The van der Waals surface area contributed by atoms with Crippen LogP contribution in [0.25, 0.3) is 10.2 Å². The van der Waals surface area contributed by atoms with Crippen LogP contribution in [0.3, 0.4) is 0 Å². The summed E-state index contributed by atoms with van der Waals surface area (Å²) in [6, 6.07) is 0. The van der Waals surface area contributed by atoms with E-state index >= 15 is 0 Å². The lowest BCUT2D eigenvalue weighted by Crippen LogP contribution is -2.18. The average Bonchev–Trinajstić information content (AvgIpc) is 2.75. The molecule has 1 aliphatic heterocycles. The molecule has 1 saturated heterocycles. The minimum Gasteiger partial charge on any atom is -0.370 e. The van der Waals surface area contributed by atoms with Gasteiger partial charge in [0.05, 0.1) is 12.0 Å². The third kappa shape index (κ3) is 2.52. The molecule has 0 spiro atoms. The van der Waals surface area contributed by atoms with Gasteiger partial charge in [0.2, 0.25) is 0 Å². The number of aryl methyl sites for hydroxylation is 2. The van der Waals surface area contributed by atoms with Gasteiger partial charge < -0.3 is 10.1 Å². The Morgan fingerprint density at radius 3 is 2.90 bits per heavy atom. The molecule has 0 bridgehead atoms. The van der Waals surface area contributed by atoms with E-state index in [-0.39, 0.29) is 6.10 Å². The van der Waals surface area contributed by atoms with Crippen molar-refractivity contribution < 1.29 is 4.74 Å². The minimum absolute atomic E-state index is 0.0262. The van der Waals surface area contributed by atoms with Crippen molar-refractivity contribution in [2.24, 2.45) is 0 Å². The third-order valence-corrected chi connectivity index (χ3v) is 5.59. The molecule has 0 saturated carbocycles. The molecule has 1 fully saturated rings. The average molecular weight is 309 g/mol. The Bertz CT molecular complexity index is 620. The summed E-state index contributed by atoms with van der Waals surface area (Å²) in [6.07, 6.45) is 0.0262. The Morgan fingerprint density at radius 2 is 2.20 bits per heavy atom. The van der Waals surface area contributed by atoms with E-state index in [1.807, 2.05) is 11.8 Å². The van der Waals surface area contributed by atoms with Crippen molar-refractivity contribution in [3.8, 4) is 0 Å². The molecule has 1 unspecified atom stereocenters. The zero-order valence-corrected chi connectivity index (χ0v) is 13.7. The Balaban J connectivity index is 2.10. The molecule has 3 rings (SSSR count). The molecule has 2 aromatic heterocycles. The predicted molar refractivity (Wildman–Crippen MR) is 87.1 cm³/mol. The maximum Gasteiger partial charge on any atom is 0.162 e. The lowest BCUT2D eigenvalue weighted by molar-refractivity contribution is 0.0698. The normalized spacial score (nSPS) is 19.4. The van der Waals surface area contributed by atoms with Gasteiger partial charge in [-0.15, -0.1) is 11.3 Å². The summed E-state index contributed by atoms with van der Waals surface area (Å²) in [5.74, 6) is 3.78. The second kappa shape index (κ2) is 5.87. The highest BCUT2D eigenvalue weighted by Gasteiger charge is 2.22. The molecular weight excluding hydrogens is 290 g/mol. The highest BCUT2D eigenvalue weighted by molar-refractivity contribution is 7.99. The van der Waals surface area contributed by atoms with Crippen molar-refractivity contribution in [2.75, 3.05) is 30.0 Å². The van der Waals surface area contributed by atoms with E-state index in [1.165, 1.54) is 15.8 Å². The second-order valence-corrected chi connectivity index (χ2v) is 7.21. The molecule has 108 valence electrons. The van der Waals surface area contributed by atoms with Crippen LogP contribution in [-0.4, -0.2) is 34.6 Å². The van der Waals surface area contributed by atoms with Gasteiger partial charge in [0, 0.05) is 22.9 Å². The molecule has 1 aliphatic rings. The van der Waals surface area contributed by atoms with E-state index in [0.717, 1.165) is 41.1 Å². The molecule has 6 heteroatoms. The van der Waals surface area contributed by atoms with Gasteiger partial charge in [-0.1, -0.05) is 0 Å². The molecular formula is C14H19N3OS2. The maximum atomic E-state index is 5.81. The van der Waals surface area contributed by atoms with Crippen LogP contribution in [0.1, 0.15) is 29.3 Å². The molecule has 1 atom stereocenters. The van der Waals surface area contributed by atoms with Gasteiger partial charge in [0.25, 0.3) is 0 Å². The molecule has 0 aromatic carbocycles. The summed E-state index contributed by atoms with van der Waals surface area (Å²) in [4.78, 5) is 11.9. The molecule has 20 heavy (non-hydrogen) atoms. The van der Waals surface area contributed by atoms with Crippen molar-refractivity contribution in [1.29, 1.82) is 0 Å². The van der Waals surface area contributed by atoms with Crippen molar-refractivity contribution in [2.45, 2.75) is 26.9 Å². The van der Waals surface area contributed by atoms with Crippen LogP contribution in [-0.2, 0) is 4.74 Å². The molecule has 4 nitrogen and oxygen atoms in total. The summed E-state index contributed by atoms with van der Waals surface area (Å²) in [6.45, 7) is 8.03. The van der Waals surface area contributed by atoms with Crippen molar-refractivity contribution in [3.63, 3.8) is 0 Å². The van der Waals surface area contributed by atoms with Gasteiger partial charge in [-0.3, -0.25) is 0 Å². The topological polar surface area (TPSA) is 47.0 Å². The number of rotatable bonds is 3. The molecule has 0 aliphatic carbocycles. The number of ether oxygens (including phenoxy) is 1. The van der Waals surface area contributed by atoms with E-state index in [1.54, 1.807) is 11.3 Å². The Morgan fingerprint density at radius 1 is 1.35 bits per heavy atom. The summed E-state index contributed by atoms with van der Waals surface area (Å²) >= 11 is 3.65. The van der Waals surface area contributed by atoms with Crippen LogP contribution in [0.4, 0.5) is 5.82 Å². The largest absolute Gasteiger partial charge is 0.370 e. The Labute approximate surface area is 127 Å². The number of anilines is 1. The van der Waals surface area contributed by atoms with Gasteiger partial charge in [0.1, 0.15) is 16.8 Å². The number of thiophene rings is 1. The van der Waals surface area contributed by atoms with Crippen LogP contribution in [0.15, 0.2) is 0 Å². The van der Waals surface area contributed by atoms with E-state index in [4.69, 9.17) is 14.7 Å². The minimum atomic E-state index is 0.0262. The van der Waals surface area contributed by atoms with E-state index in [0.29, 0.717) is 0 Å². The maximum absolute atomic E-state index is 5.81. The van der Waals surface area contributed by atoms with Crippen LogP contribution >= 0.6 is 23.1 Å². The molecule has 3 heterocycles. The van der Waals surface area contributed by atoms with Crippen molar-refractivity contribution in [3.05, 3.63) is 16.3 Å². The number of aromatic nitrogens is 2. The van der Waals surface area contributed by atoms with Crippen LogP contribution in [0.2, 0.25) is 0 Å². The molecule has 0 radical (unpaired) electrons. The van der Waals surface area contributed by atoms with E-state index < -0.39 is 0 Å². The number of fused-ring (bicyclic) bond motifs is 1. The lowest BCUT2D eigenvalue weighted by Gasteiger charge is -2.21. The molecule has 2 aromatic rings. The molecule has 1 N–H and O–H groups in total. The zero-order chi connectivity index (χ0) is 14.1. The summed E-state index contributed by atoms with van der Waals surface area (Å²) in [5, 5.41) is 4.55. The second-order valence-electron chi connectivity index (χ2n) is 4.86. The highest BCUT2D eigenvalue weighted by Crippen LogP contribution is 2.35. The SMILES string of the molecule is CCNc1nc(C2CSCCO2)nc2sc(C)c(C)c12. The predicted octanol–water partition coefficient (Wildman–Crippen LogP) is 3.54. The standard InChI is InChI=1S/C14H19N3OS2/c1-4-15-13-11-8(2)9(3)20-14(11)17-12(16-13)10-7-19-6-5-18-10/h10H,4-7H2,1-3H3,(H,15,16,17). The third-order valence-electron chi connectivity index (χ3n) is 3.49. The zero-order valence-electron chi connectivity index (χ0n) is 12.0. The number of hydrogen-bond donors (Lipinski definition) is 1. The quantitative estimate of drug-likeness (QED) is 0.939. The van der Waals surface area contributed by atoms with Gasteiger partial charge in [-0.05, 0) is 26.3 Å². The van der Waals surface area contributed by atoms with E-state index in [2.05, 4.69) is 26.1 Å². The number of nitrogens with one attached hydrogen (secondary N) is 1. The first kappa shape index (κ1) is 14.1. The van der Waals surface area contributed by atoms with Crippen molar-refractivity contribution in [1.82, 2.24) is 9.97 Å². The Hall–Kier alpha value is -0.850. The fourth-order valence-electron chi connectivity index (χ4n) is 2.34. The van der Waals surface area contributed by atoms with Gasteiger partial charge in [0.15, 0.2) is 5.82 Å². The number of thioether (sulfide) groups is 1. The first-order valence-electron chi connectivity index (χ1n) is 6.91. The molecule has 0 amide bonds. The monoisotopic (exact) mass is 309 g/mol. The van der Waals surface area contributed by atoms with Crippen molar-refractivity contribution >= 4 is 39.1 Å². The smallest absolute Gasteiger partial charge is 0.162 e. The lowest BCUT2D eigenvalue weighted by atomic mass is 10.2.